The van der Waals surface area contributed by atoms with E-state index in [0.29, 0.717) is 35.5 Å². The van der Waals surface area contributed by atoms with E-state index in [1.165, 1.54) is 77.2 Å². The van der Waals surface area contributed by atoms with Crippen LogP contribution in [0.3, 0.4) is 0 Å². The van der Waals surface area contributed by atoms with Crippen LogP contribution in [0.4, 0.5) is 0 Å². The minimum absolute atomic E-state index is 0.210. The molecule has 0 aromatic heterocycles. The number of hydrogen-bond donors (Lipinski definition) is 0. The molecule has 0 bridgehead atoms. The van der Waals surface area contributed by atoms with Crippen molar-refractivity contribution in [3.8, 4) is 22.3 Å². The zero-order valence-electron chi connectivity index (χ0n) is 34.7. The van der Waals surface area contributed by atoms with E-state index in [1.54, 1.807) is 23.3 Å². The molecule has 0 radical (unpaired) electrons. The molecule has 52 heavy (non-hydrogen) atoms. The molecule has 0 aliphatic heterocycles. The molecule has 0 nitrogen and oxygen atoms in total. The van der Waals surface area contributed by atoms with Crippen LogP contribution in [-0.2, 0) is 23.3 Å². The number of benzene rings is 4. The summed E-state index contributed by atoms with van der Waals surface area (Å²) in [6, 6.07) is 37.1. The fourth-order valence-electron chi connectivity index (χ4n) is 6.68. The molecule has 0 unspecified atom stereocenters. The van der Waals surface area contributed by atoms with Gasteiger partial charge < -0.3 is 0 Å². The maximum atomic E-state index is 2.38. The summed E-state index contributed by atoms with van der Waals surface area (Å²) in [5, 5.41) is 5.49. The van der Waals surface area contributed by atoms with Crippen molar-refractivity contribution in [2.75, 3.05) is 0 Å². The molecule has 0 fully saturated rings. The summed E-state index contributed by atoms with van der Waals surface area (Å²) in [6.45, 7) is 31.9. The quantitative estimate of drug-likeness (QED) is 0.107. The second-order valence-electron chi connectivity index (χ2n) is 16.9. The number of rotatable bonds is 8. The molecular formula is C50H64SiZr. The Bertz CT molecular complexity index is 1890. The molecule has 0 N–H and O–H groups in total. The third kappa shape index (κ3) is 10.7. The van der Waals surface area contributed by atoms with E-state index in [0.717, 1.165) is 0 Å². The Balaban J connectivity index is 0.000000211. The van der Waals surface area contributed by atoms with Gasteiger partial charge in [-0.2, -0.15) is 12.1 Å². The maximum absolute atomic E-state index is 2.38. The van der Waals surface area contributed by atoms with Crippen molar-refractivity contribution in [1.82, 2.24) is 0 Å². The number of fused-ring (bicyclic) bond motifs is 2. The molecule has 6 aromatic carbocycles. The molecular weight excluding hydrogens is 720 g/mol. The fourth-order valence-corrected chi connectivity index (χ4v) is 6.68. The van der Waals surface area contributed by atoms with Gasteiger partial charge in [0.1, 0.15) is 0 Å². The molecule has 0 saturated heterocycles. The van der Waals surface area contributed by atoms with E-state index in [2.05, 4.69) is 193 Å². The summed E-state index contributed by atoms with van der Waals surface area (Å²) in [7, 11) is 0. The Morgan fingerprint density at radius 2 is 0.712 bits per heavy atom. The molecule has 0 amide bonds. The molecule has 0 aliphatic carbocycles. The zero-order chi connectivity index (χ0) is 38.4. The summed E-state index contributed by atoms with van der Waals surface area (Å²) in [5.41, 5.74) is 14.3. The van der Waals surface area contributed by atoms with Gasteiger partial charge in [0, 0.05) is 0 Å². The summed E-state index contributed by atoms with van der Waals surface area (Å²) in [6.07, 6.45) is 0. The molecule has 272 valence electrons. The van der Waals surface area contributed by atoms with Crippen molar-refractivity contribution in [3.05, 3.63) is 130 Å². The third-order valence-corrected chi connectivity index (χ3v) is 10.1. The average molecular weight is 784 g/mol. The molecule has 0 heterocycles. The Morgan fingerprint density at radius 1 is 0.423 bits per heavy atom. The van der Waals surface area contributed by atoms with Crippen LogP contribution in [0.25, 0.3) is 43.8 Å². The topological polar surface area (TPSA) is 0 Å². The van der Waals surface area contributed by atoms with Crippen molar-refractivity contribution in [2.24, 2.45) is 0 Å². The Morgan fingerprint density at radius 3 is 0.962 bits per heavy atom. The molecule has 6 rings (SSSR count). The van der Waals surface area contributed by atoms with E-state index < -0.39 is 0 Å². The van der Waals surface area contributed by atoms with Gasteiger partial charge in [-0.3, -0.25) is 0 Å². The van der Waals surface area contributed by atoms with Crippen LogP contribution in [-0.4, -0.2) is 5.43 Å². The molecule has 0 atom stereocenters. The first-order chi connectivity index (χ1) is 24.5. The van der Waals surface area contributed by atoms with Crippen molar-refractivity contribution >= 4 is 27.0 Å². The normalized spacial score (nSPS) is 11.7. The predicted octanol–water partition coefficient (Wildman–Crippen LogP) is 16.0. The first-order valence-electron chi connectivity index (χ1n) is 19.7. The van der Waals surface area contributed by atoms with E-state index in [4.69, 9.17) is 0 Å². The Kier molecular flexibility index (Phi) is 14.9. The van der Waals surface area contributed by atoms with Crippen LogP contribution in [0.2, 0.25) is 13.1 Å². The van der Waals surface area contributed by atoms with Crippen LogP contribution in [0.5, 0.6) is 0 Å². The monoisotopic (exact) mass is 782 g/mol. The van der Waals surface area contributed by atoms with Gasteiger partial charge >= 0.3 is 41.9 Å². The summed E-state index contributed by atoms with van der Waals surface area (Å²) in [4.78, 5) is 0. The van der Waals surface area contributed by atoms with Crippen molar-refractivity contribution < 1.29 is 23.3 Å². The Labute approximate surface area is 332 Å². The first kappa shape index (κ1) is 41.9. The summed E-state index contributed by atoms with van der Waals surface area (Å²) >= 11 is 1.74. The van der Waals surface area contributed by atoms with E-state index in [9.17, 15) is 0 Å². The van der Waals surface area contributed by atoms with E-state index in [-0.39, 0.29) is 5.43 Å². The van der Waals surface area contributed by atoms with Crippen LogP contribution in [0.1, 0.15) is 152 Å². The number of hydrogen-bond acceptors (Lipinski definition) is 0. The molecule has 0 saturated carbocycles. The molecule has 0 aliphatic rings. The van der Waals surface area contributed by atoms with Gasteiger partial charge in [0.15, 0.2) is 0 Å². The summed E-state index contributed by atoms with van der Waals surface area (Å²) < 4.78 is 0. The third-order valence-electron chi connectivity index (χ3n) is 10.1. The SMILES string of the molecule is CC(C)c1cc(-c2cccc3[cH-]c(C(C)C)cc23)cc(C(C)C)c1.CC(C)c1cc(-c2cccc3[cH-]c(C(C)C)cc23)cc(C(C)C)c1.C[Si](C)=[Zr+2]. The molecule has 6 aromatic rings. The van der Waals surface area contributed by atoms with Gasteiger partial charge in [0.25, 0.3) is 0 Å². The van der Waals surface area contributed by atoms with Gasteiger partial charge in [0.05, 0.1) is 0 Å². The van der Waals surface area contributed by atoms with Gasteiger partial charge in [-0.05, 0) is 68.9 Å². The minimum atomic E-state index is 0.210. The van der Waals surface area contributed by atoms with Crippen LogP contribution < -0.4 is 0 Å². The second-order valence-corrected chi connectivity index (χ2v) is 26.3. The second kappa shape index (κ2) is 18.5. The van der Waals surface area contributed by atoms with Crippen LogP contribution in [0, 0.1) is 0 Å². The van der Waals surface area contributed by atoms with Gasteiger partial charge in [-0.1, -0.05) is 143 Å². The van der Waals surface area contributed by atoms with Crippen molar-refractivity contribution in [3.63, 3.8) is 0 Å². The fraction of sp³-hybridized carbons (Fsp3) is 0.400. The zero-order valence-corrected chi connectivity index (χ0v) is 38.2. The van der Waals surface area contributed by atoms with Gasteiger partial charge in [-0.25, -0.2) is 0 Å². The van der Waals surface area contributed by atoms with Crippen molar-refractivity contribution in [1.29, 1.82) is 0 Å². The van der Waals surface area contributed by atoms with Crippen LogP contribution in [0.15, 0.2) is 97.1 Å². The van der Waals surface area contributed by atoms with Crippen molar-refractivity contribution in [2.45, 2.75) is 132 Å². The van der Waals surface area contributed by atoms with E-state index >= 15 is 0 Å². The van der Waals surface area contributed by atoms with E-state index in [1.807, 2.05) is 0 Å². The van der Waals surface area contributed by atoms with Gasteiger partial charge in [0.2, 0.25) is 0 Å². The van der Waals surface area contributed by atoms with Crippen LogP contribution >= 0.6 is 0 Å². The Hall–Kier alpha value is -2.80. The molecule has 0 spiro atoms. The average Bonchev–Trinajstić information content (AvgIpc) is 3.73. The first-order valence-corrected chi connectivity index (χ1v) is 25.9. The summed E-state index contributed by atoms with van der Waals surface area (Å²) in [5.74, 6) is 3.33. The predicted molar refractivity (Wildman–Crippen MR) is 232 cm³/mol. The van der Waals surface area contributed by atoms with Gasteiger partial charge in [-0.15, -0.1) is 69.1 Å². The molecule has 2 heteroatoms. The standard InChI is InChI=1S/2C24H29.C2H6Si.Zr/c2*1-15(2)19-11-20(16(3)4)13-22(12-19)23-9-7-8-18-10-21(17(5)6)14-24(18)23;1-3-2;/h2*7-17H,1-6H3;1-2H3;/q2*-1;;+2.